The Bertz CT molecular complexity index is 332. The van der Waals surface area contributed by atoms with E-state index in [1.807, 2.05) is 19.1 Å². The van der Waals surface area contributed by atoms with Gasteiger partial charge in [-0.1, -0.05) is 6.07 Å². The number of aromatic nitrogens is 1. The second-order valence-electron chi connectivity index (χ2n) is 4.70. The maximum atomic E-state index is 4.48. The van der Waals surface area contributed by atoms with Crippen LogP contribution >= 0.6 is 0 Å². The standard InChI is InChI=1S/C13H21N3/c1-10-5-3-7-13(15-10)16-11(2)12-6-4-8-14-9-12/h3,5,7,11-12,14H,4,6,8-9H2,1-2H3,(H,15,16). The van der Waals surface area contributed by atoms with Crippen molar-refractivity contribution in [2.24, 2.45) is 5.92 Å². The van der Waals surface area contributed by atoms with Gasteiger partial charge in [0.2, 0.25) is 0 Å². The van der Waals surface area contributed by atoms with Gasteiger partial charge in [-0.05, 0) is 57.8 Å². The largest absolute Gasteiger partial charge is 0.367 e. The summed E-state index contributed by atoms with van der Waals surface area (Å²) in [5, 5.41) is 6.95. The zero-order valence-electron chi connectivity index (χ0n) is 10.2. The van der Waals surface area contributed by atoms with Gasteiger partial charge >= 0.3 is 0 Å². The Morgan fingerprint density at radius 3 is 3.06 bits per heavy atom. The second-order valence-corrected chi connectivity index (χ2v) is 4.70. The molecule has 3 nitrogen and oxygen atoms in total. The summed E-state index contributed by atoms with van der Waals surface area (Å²) in [4.78, 5) is 4.48. The molecule has 1 aliphatic rings. The number of rotatable bonds is 3. The third-order valence-corrected chi connectivity index (χ3v) is 3.31. The Morgan fingerprint density at radius 1 is 1.50 bits per heavy atom. The summed E-state index contributed by atoms with van der Waals surface area (Å²) in [5.74, 6) is 1.72. The summed E-state index contributed by atoms with van der Waals surface area (Å²) < 4.78 is 0. The van der Waals surface area contributed by atoms with Gasteiger partial charge < -0.3 is 10.6 Å². The van der Waals surface area contributed by atoms with Crippen LogP contribution in [-0.4, -0.2) is 24.1 Å². The van der Waals surface area contributed by atoms with Crippen LogP contribution in [0.3, 0.4) is 0 Å². The van der Waals surface area contributed by atoms with E-state index in [9.17, 15) is 0 Å². The van der Waals surface area contributed by atoms with Gasteiger partial charge in [0.1, 0.15) is 5.82 Å². The highest BCUT2D eigenvalue weighted by Crippen LogP contribution is 2.17. The zero-order chi connectivity index (χ0) is 11.4. The van der Waals surface area contributed by atoms with Gasteiger partial charge in [0, 0.05) is 11.7 Å². The first kappa shape index (κ1) is 11.4. The molecule has 2 rings (SSSR count). The van der Waals surface area contributed by atoms with Gasteiger partial charge in [-0.25, -0.2) is 4.98 Å². The van der Waals surface area contributed by atoms with Crippen molar-refractivity contribution in [3.8, 4) is 0 Å². The minimum Gasteiger partial charge on any atom is -0.367 e. The van der Waals surface area contributed by atoms with Crippen molar-refractivity contribution >= 4 is 5.82 Å². The SMILES string of the molecule is Cc1cccc(NC(C)C2CCCNC2)n1. The average Bonchev–Trinajstić information content (AvgIpc) is 2.30. The molecule has 0 amide bonds. The maximum Gasteiger partial charge on any atom is 0.126 e. The minimum absolute atomic E-state index is 0.488. The van der Waals surface area contributed by atoms with Crippen LogP contribution in [0.2, 0.25) is 0 Å². The second kappa shape index (κ2) is 5.30. The van der Waals surface area contributed by atoms with E-state index in [0.29, 0.717) is 6.04 Å². The fourth-order valence-electron chi connectivity index (χ4n) is 2.28. The molecule has 0 bridgehead atoms. The summed E-state index contributed by atoms with van der Waals surface area (Å²) in [7, 11) is 0. The molecule has 16 heavy (non-hydrogen) atoms. The van der Waals surface area contributed by atoms with Crippen LogP contribution in [0.15, 0.2) is 18.2 Å². The summed E-state index contributed by atoms with van der Waals surface area (Å²) in [5.41, 5.74) is 1.07. The summed E-state index contributed by atoms with van der Waals surface area (Å²) in [6, 6.07) is 6.61. The molecule has 3 heteroatoms. The smallest absolute Gasteiger partial charge is 0.126 e. The number of nitrogens with zero attached hydrogens (tertiary/aromatic N) is 1. The maximum absolute atomic E-state index is 4.48. The number of anilines is 1. The van der Waals surface area contributed by atoms with E-state index in [1.165, 1.54) is 19.4 Å². The molecule has 0 radical (unpaired) electrons. The van der Waals surface area contributed by atoms with Crippen molar-refractivity contribution < 1.29 is 0 Å². The van der Waals surface area contributed by atoms with Crippen LogP contribution in [0, 0.1) is 12.8 Å². The van der Waals surface area contributed by atoms with Crippen molar-refractivity contribution in [2.75, 3.05) is 18.4 Å². The van der Waals surface area contributed by atoms with Crippen molar-refractivity contribution in [2.45, 2.75) is 32.7 Å². The minimum atomic E-state index is 0.488. The lowest BCUT2D eigenvalue weighted by atomic mass is 9.93. The van der Waals surface area contributed by atoms with E-state index in [2.05, 4.69) is 28.6 Å². The first-order chi connectivity index (χ1) is 7.75. The summed E-state index contributed by atoms with van der Waals surface area (Å²) >= 11 is 0. The third kappa shape index (κ3) is 2.95. The monoisotopic (exact) mass is 219 g/mol. The molecule has 88 valence electrons. The zero-order valence-corrected chi connectivity index (χ0v) is 10.2. The Morgan fingerprint density at radius 2 is 2.38 bits per heavy atom. The number of piperidine rings is 1. The molecule has 2 heterocycles. The van der Waals surface area contributed by atoms with Crippen LogP contribution < -0.4 is 10.6 Å². The predicted octanol–water partition coefficient (Wildman–Crippen LogP) is 2.19. The Labute approximate surface area is 97.7 Å². The molecule has 1 fully saturated rings. The van der Waals surface area contributed by atoms with E-state index in [1.54, 1.807) is 0 Å². The van der Waals surface area contributed by atoms with Crippen LogP contribution in [0.5, 0.6) is 0 Å². The molecule has 1 saturated heterocycles. The Balaban J connectivity index is 1.93. The van der Waals surface area contributed by atoms with E-state index in [4.69, 9.17) is 0 Å². The van der Waals surface area contributed by atoms with E-state index >= 15 is 0 Å². The van der Waals surface area contributed by atoms with E-state index in [-0.39, 0.29) is 0 Å². The molecular formula is C13H21N3. The first-order valence-electron chi connectivity index (χ1n) is 6.16. The molecule has 2 N–H and O–H groups in total. The van der Waals surface area contributed by atoms with E-state index in [0.717, 1.165) is 24.0 Å². The normalized spacial score (nSPS) is 22.8. The van der Waals surface area contributed by atoms with Crippen LogP contribution in [-0.2, 0) is 0 Å². The average molecular weight is 219 g/mol. The van der Waals surface area contributed by atoms with Gasteiger partial charge in [-0.15, -0.1) is 0 Å². The molecule has 0 aliphatic carbocycles. The highest BCUT2D eigenvalue weighted by Gasteiger charge is 2.19. The molecule has 2 unspecified atom stereocenters. The van der Waals surface area contributed by atoms with Crippen molar-refractivity contribution in [3.05, 3.63) is 23.9 Å². The van der Waals surface area contributed by atoms with Gasteiger partial charge in [0.05, 0.1) is 0 Å². The number of nitrogens with one attached hydrogen (secondary N) is 2. The fourth-order valence-corrected chi connectivity index (χ4v) is 2.28. The molecule has 0 saturated carbocycles. The number of aryl methyl sites for hydroxylation is 1. The van der Waals surface area contributed by atoms with Crippen molar-refractivity contribution in [1.82, 2.24) is 10.3 Å². The van der Waals surface area contributed by atoms with Crippen molar-refractivity contribution in [3.63, 3.8) is 0 Å². The van der Waals surface area contributed by atoms with Crippen LogP contribution in [0.4, 0.5) is 5.82 Å². The third-order valence-electron chi connectivity index (χ3n) is 3.31. The highest BCUT2D eigenvalue weighted by molar-refractivity contribution is 5.36. The quantitative estimate of drug-likeness (QED) is 0.818. The molecule has 2 atom stereocenters. The number of hydrogen-bond acceptors (Lipinski definition) is 3. The van der Waals surface area contributed by atoms with Gasteiger partial charge in [-0.2, -0.15) is 0 Å². The van der Waals surface area contributed by atoms with Gasteiger partial charge in [0.25, 0.3) is 0 Å². The summed E-state index contributed by atoms with van der Waals surface area (Å²) in [6.07, 6.45) is 2.60. The van der Waals surface area contributed by atoms with Crippen molar-refractivity contribution in [1.29, 1.82) is 0 Å². The Kier molecular flexibility index (Phi) is 3.78. The van der Waals surface area contributed by atoms with Gasteiger partial charge in [0.15, 0.2) is 0 Å². The highest BCUT2D eigenvalue weighted by atomic mass is 15.0. The fraction of sp³-hybridized carbons (Fsp3) is 0.615. The molecule has 1 aliphatic heterocycles. The van der Waals surface area contributed by atoms with Gasteiger partial charge in [-0.3, -0.25) is 0 Å². The lowest BCUT2D eigenvalue weighted by Gasteiger charge is -2.29. The number of pyridine rings is 1. The Hall–Kier alpha value is -1.09. The van der Waals surface area contributed by atoms with Crippen LogP contribution in [0.1, 0.15) is 25.5 Å². The number of hydrogen-bond donors (Lipinski definition) is 2. The molecule has 0 aromatic carbocycles. The first-order valence-corrected chi connectivity index (χ1v) is 6.16. The topological polar surface area (TPSA) is 37.0 Å². The van der Waals surface area contributed by atoms with E-state index < -0.39 is 0 Å². The molecule has 0 spiro atoms. The molecule has 1 aromatic rings. The molecular weight excluding hydrogens is 198 g/mol. The lowest BCUT2D eigenvalue weighted by Crippen LogP contribution is -2.38. The predicted molar refractivity (Wildman–Crippen MR) is 67.7 cm³/mol. The lowest BCUT2D eigenvalue weighted by molar-refractivity contribution is 0.346. The molecule has 1 aromatic heterocycles. The summed E-state index contributed by atoms with van der Waals surface area (Å²) in [6.45, 7) is 6.57. The van der Waals surface area contributed by atoms with Crippen LogP contribution in [0.25, 0.3) is 0 Å².